The van der Waals surface area contributed by atoms with Crippen LogP contribution >= 0.6 is 0 Å². The first-order valence-corrected chi connectivity index (χ1v) is 21.0. The minimum absolute atomic E-state index is 0.0124. The second-order valence-electron chi connectivity index (χ2n) is 13.7. The SMILES string of the molecule is CC(C)[Si](O[C@H](CC#CCO[Si](C)(C)C(C)(C)C)CO[Si](C)(C)C(C)(C)C)(C(C)C)C(C)C. The second-order valence-corrected chi connectivity index (χ2v) is 28.8. The zero-order chi connectivity index (χ0) is 26.5. The molecular formula is C27H58O3Si3. The van der Waals surface area contributed by atoms with Gasteiger partial charge in [-0.3, -0.25) is 0 Å². The molecule has 196 valence electrons. The van der Waals surface area contributed by atoms with Crippen molar-refractivity contribution >= 4 is 25.0 Å². The van der Waals surface area contributed by atoms with Crippen molar-refractivity contribution in [2.75, 3.05) is 13.2 Å². The Bertz CT molecular complexity index is 622. The molecule has 0 saturated carbocycles. The van der Waals surface area contributed by atoms with E-state index in [1.807, 2.05) is 0 Å². The lowest BCUT2D eigenvalue weighted by Crippen LogP contribution is -2.52. The molecule has 0 aromatic rings. The maximum atomic E-state index is 7.13. The second kappa shape index (κ2) is 12.4. The quantitative estimate of drug-likeness (QED) is 0.203. The van der Waals surface area contributed by atoms with Gasteiger partial charge in [-0.15, -0.1) is 0 Å². The Morgan fingerprint density at radius 2 is 1.03 bits per heavy atom. The van der Waals surface area contributed by atoms with Crippen molar-refractivity contribution in [1.82, 2.24) is 0 Å². The van der Waals surface area contributed by atoms with Crippen molar-refractivity contribution < 1.29 is 13.3 Å². The molecule has 1 atom stereocenters. The van der Waals surface area contributed by atoms with E-state index in [9.17, 15) is 0 Å². The maximum Gasteiger partial charge on any atom is 0.200 e. The van der Waals surface area contributed by atoms with Gasteiger partial charge in [-0.05, 0) is 52.9 Å². The largest absolute Gasteiger partial charge is 0.414 e. The molecule has 0 N–H and O–H groups in total. The van der Waals surface area contributed by atoms with E-state index in [-0.39, 0.29) is 16.2 Å². The van der Waals surface area contributed by atoms with Crippen LogP contribution in [0.1, 0.15) is 89.5 Å². The fraction of sp³-hybridized carbons (Fsp3) is 0.926. The van der Waals surface area contributed by atoms with E-state index >= 15 is 0 Å². The average Bonchev–Trinajstić information content (AvgIpc) is 2.59. The van der Waals surface area contributed by atoms with E-state index in [1.54, 1.807) is 0 Å². The molecule has 0 radical (unpaired) electrons. The third kappa shape index (κ3) is 9.24. The molecule has 0 aromatic carbocycles. The van der Waals surface area contributed by atoms with Gasteiger partial charge in [0.05, 0.1) is 19.3 Å². The molecule has 0 aliphatic heterocycles. The lowest BCUT2D eigenvalue weighted by molar-refractivity contribution is 0.107. The molecular weight excluding hydrogens is 457 g/mol. The van der Waals surface area contributed by atoms with Crippen molar-refractivity contribution in [3.63, 3.8) is 0 Å². The van der Waals surface area contributed by atoms with Crippen LogP contribution in [-0.4, -0.2) is 44.3 Å². The van der Waals surface area contributed by atoms with E-state index in [0.717, 1.165) is 0 Å². The fourth-order valence-electron chi connectivity index (χ4n) is 4.02. The van der Waals surface area contributed by atoms with E-state index in [1.165, 1.54) is 0 Å². The Balaban J connectivity index is 5.66. The van der Waals surface area contributed by atoms with Gasteiger partial charge in [-0.1, -0.05) is 94.9 Å². The predicted octanol–water partition coefficient (Wildman–Crippen LogP) is 8.98. The highest BCUT2D eigenvalue weighted by atomic mass is 28.4. The van der Waals surface area contributed by atoms with Crippen LogP contribution in [0.15, 0.2) is 0 Å². The minimum Gasteiger partial charge on any atom is -0.414 e. The Hall–Kier alpha value is 0.0906. The van der Waals surface area contributed by atoms with E-state index in [2.05, 4.69) is 121 Å². The first kappa shape index (κ1) is 33.1. The molecule has 0 unspecified atom stereocenters. The van der Waals surface area contributed by atoms with Crippen molar-refractivity contribution in [2.24, 2.45) is 0 Å². The molecule has 0 amide bonds. The first-order chi connectivity index (χ1) is 14.6. The third-order valence-corrected chi connectivity index (χ3v) is 23.4. The van der Waals surface area contributed by atoms with Crippen LogP contribution < -0.4 is 0 Å². The van der Waals surface area contributed by atoms with E-state index in [4.69, 9.17) is 13.3 Å². The van der Waals surface area contributed by atoms with Crippen molar-refractivity contribution in [3.05, 3.63) is 0 Å². The summed E-state index contributed by atoms with van der Waals surface area (Å²) in [5.74, 6) is 6.70. The highest BCUT2D eigenvalue weighted by molar-refractivity contribution is 6.77. The highest BCUT2D eigenvalue weighted by Crippen LogP contribution is 2.44. The molecule has 0 aliphatic rings. The van der Waals surface area contributed by atoms with E-state index < -0.39 is 25.0 Å². The standard InChI is InChI=1S/C27H58O3Si3/c1-22(2)33(23(3)4,24(5)6)30-25(21-29-32(15,16)27(10,11)12)19-17-18-20-28-31(13,14)26(7,8)9/h22-25H,19-21H2,1-16H3/t25-/m1/s1. The smallest absolute Gasteiger partial charge is 0.200 e. The van der Waals surface area contributed by atoms with Crippen molar-refractivity contribution in [3.8, 4) is 11.8 Å². The summed E-state index contributed by atoms with van der Waals surface area (Å²) in [6, 6.07) is 0. The molecule has 33 heavy (non-hydrogen) atoms. The normalized spacial score (nSPS) is 15.2. The zero-order valence-corrected chi connectivity index (χ0v) is 28.2. The lowest BCUT2D eigenvalue weighted by atomic mass is 10.2. The van der Waals surface area contributed by atoms with Gasteiger partial charge in [0.1, 0.15) is 0 Å². The molecule has 0 aromatic heterocycles. The summed E-state index contributed by atoms with van der Waals surface area (Å²) in [6.45, 7) is 38.1. The van der Waals surface area contributed by atoms with Gasteiger partial charge in [0.2, 0.25) is 8.32 Å². The summed E-state index contributed by atoms with van der Waals surface area (Å²) < 4.78 is 20.0. The molecule has 0 fully saturated rings. The van der Waals surface area contributed by atoms with Crippen LogP contribution in [0.25, 0.3) is 0 Å². The van der Waals surface area contributed by atoms with Gasteiger partial charge in [-0.2, -0.15) is 0 Å². The lowest BCUT2D eigenvalue weighted by Gasteiger charge is -2.45. The minimum atomic E-state index is -2.01. The van der Waals surface area contributed by atoms with Gasteiger partial charge in [-0.25, -0.2) is 0 Å². The molecule has 0 heterocycles. The summed E-state index contributed by atoms with van der Waals surface area (Å²) in [6.07, 6.45) is 0.717. The molecule has 0 rings (SSSR count). The highest BCUT2D eigenvalue weighted by Gasteiger charge is 2.47. The zero-order valence-electron chi connectivity index (χ0n) is 25.2. The van der Waals surface area contributed by atoms with Crippen LogP contribution in [0, 0.1) is 11.8 Å². The van der Waals surface area contributed by atoms with E-state index in [0.29, 0.717) is 36.3 Å². The van der Waals surface area contributed by atoms with Crippen molar-refractivity contribution in [1.29, 1.82) is 0 Å². The Morgan fingerprint density at radius 1 is 0.636 bits per heavy atom. The monoisotopic (exact) mass is 514 g/mol. The van der Waals surface area contributed by atoms with Crippen LogP contribution in [0.2, 0.25) is 52.9 Å². The molecule has 0 aliphatic carbocycles. The molecule has 0 spiro atoms. The Morgan fingerprint density at radius 3 is 1.39 bits per heavy atom. The molecule has 0 saturated heterocycles. The Labute approximate surface area is 211 Å². The maximum absolute atomic E-state index is 7.13. The summed E-state index contributed by atoms with van der Waals surface area (Å²) >= 11 is 0. The Kier molecular flexibility index (Phi) is 12.4. The molecule has 3 nitrogen and oxygen atoms in total. The summed E-state index contributed by atoms with van der Waals surface area (Å²) in [5.41, 5.74) is 1.63. The summed E-state index contributed by atoms with van der Waals surface area (Å²) in [5, 5.41) is 0.386. The average molecular weight is 515 g/mol. The first-order valence-electron chi connectivity index (χ1n) is 13.0. The predicted molar refractivity (Wildman–Crippen MR) is 155 cm³/mol. The summed E-state index contributed by atoms with van der Waals surface area (Å²) in [4.78, 5) is 0. The van der Waals surface area contributed by atoms with Gasteiger partial charge < -0.3 is 13.3 Å². The van der Waals surface area contributed by atoms with Crippen molar-refractivity contribution in [2.45, 2.75) is 148 Å². The molecule has 0 bridgehead atoms. The van der Waals surface area contributed by atoms with Gasteiger partial charge in [0, 0.05) is 6.42 Å². The summed E-state index contributed by atoms with van der Waals surface area (Å²) in [7, 11) is -5.64. The van der Waals surface area contributed by atoms with Crippen LogP contribution in [0.3, 0.4) is 0 Å². The number of hydrogen-bond donors (Lipinski definition) is 0. The number of hydrogen-bond acceptors (Lipinski definition) is 3. The van der Waals surface area contributed by atoms with Crippen LogP contribution in [-0.2, 0) is 13.3 Å². The fourth-order valence-corrected chi connectivity index (χ4v) is 11.5. The van der Waals surface area contributed by atoms with Crippen LogP contribution in [0.4, 0.5) is 0 Å². The third-order valence-electron chi connectivity index (χ3n) is 8.28. The van der Waals surface area contributed by atoms with Gasteiger partial charge in [0.25, 0.3) is 0 Å². The topological polar surface area (TPSA) is 27.7 Å². The van der Waals surface area contributed by atoms with Crippen LogP contribution in [0.5, 0.6) is 0 Å². The van der Waals surface area contributed by atoms with Gasteiger partial charge >= 0.3 is 0 Å². The van der Waals surface area contributed by atoms with Gasteiger partial charge in [0.15, 0.2) is 16.6 Å². The number of rotatable bonds is 11. The molecule has 6 heteroatoms.